The van der Waals surface area contributed by atoms with E-state index in [4.69, 9.17) is 14.2 Å². The predicted molar refractivity (Wildman–Crippen MR) is 279 cm³/mol. The summed E-state index contributed by atoms with van der Waals surface area (Å²) in [6.45, 7) is 7.39. The third-order valence-corrected chi connectivity index (χ3v) is 10.5. The SMILES string of the molecule is CC/C=C\C/C=C\C/C=C\C/C=C\C/C=C\C/C=C\CCCOCC(COC(=O)CCCCCCCCC/C=C\C/C=C\C/C=C\CC)OC(=O)CCCCCCC/C=C\CCCC. The molecule has 0 amide bonds. The summed E-state index contributed by atoms with van der Waals surface area (Å²) >= 11 is 0. The lowest BCUT2D eigenvalue weighted by Gasteiger charge is -2.18. The van der Waals surface area contributed by atoms with Gasteiger partial charge in [0.15, 0.2) is 6.10 Å². The highest BCUT2D eigenvalue weighted by molar-refractivity contribution is 5.70. The van der Waals surface area contributed by atoms with Gasteiger partial charge in [0.25, 0.3) is 0 Å². The molecule has 1 atom stereocenters. The average Bonchev–Trinajstić information content (AvgIpc) is 3.30. The summed E-state index contributed by atoms with van der Waals surface area (Å²) in [5.74, 6) is -0.460. The number of allylic oxidation sites excluding steroid dienone is 20. The Bertz CT molecular complexity index is 1320. The van der Waals surface area contributed by atoms with E-state index in [9.17, 15) is 9.59 Å². The largest absolute Gasteiger partial charge is 0.462 e. The molecule has 0 aromatic heterocycles. The molecule has 0 aliphatic heterocycles. The Kier molecular flexibility index (Phi) is 50.5. The van der Waals surface area contributed by atoms with Crippen molar-refractivity contribution in [2.24, 2.45) is 0 Å². The van der Waals surface area contributed by atoms with E-state index in [1.807, 2.05) is 0 Å². The van der Waals surface area contributed by atoms with Crippen LogP contribution in [0.1, 0.15) is 213 Å². The smallest absolute Gasteiger partial charge is 0.306 e. The summed E-state index contributed by atoms with van der Waals surface area (Å²) in [6, 6.07) is 0. The minimum Gasteiger partial charge on any atom is -0.462 e. The summed E-state index contributed by atoms with van der Waals surface area (Å²) in [6.07, 6.45) is 75.0. The van der Waals surface area contributed by atoms with Crippen LogP contribution < -0.4 is 0 Å². The maximum Gasteiger partial charge on any atom is 0.306 e. The van der Waals surface area contributed by atoms with Crippen molar-refractivity contribution in [1.82, 2.24) is 0 Å². The summed E-state index contributed by atoms with van der Waals surface area (Å²) in [7, 11) is 0. The second-order valence-corrected chi connectivity index (χ2v) is 16.7. The fourth-order valence-corrected chi connectivity index (χ4v) is 6.64. The van der Waals surface area contributed by atoms with Crippen LogP contribution >= 0.6 is 0 Å². The normalized spacial score (nSPS) is 13.2. The van der Waals surface area contributed by atoms with Crippen LogP contribution in [0.15, 0.2) is 122 Å². The molecule has 0 heterocycles. The molecule has 0 aromatic carbocycles. The van der Waals surface area contributed by atoms with E-state index in [1.165, 1.54) is 57.8 Å². The number of hydrogen-bond acceptors (Lipinski definition) is 5. The van der Waals surface area contributed by atoms with Crippen molar-refractivity contribution in [1.29, 1.82) is 0 Å². The second kappa shape index (κ2) is 53.6. The Morgan fingerprint density at radius 1 is 0.359 bits per heavy atom. The Balaban J connectivity index is 4.38. The first-order valence-electron chi connectivity index (χ1n) is 26.1. The molecule has 0 bridgehead atoms. The van der Waals surface area contributed by atoms with Crippen LogP contribution in [-0.4, -0.2) is 37.9 Å². The van der Waals surface area contributed by atoms with Crippen molar-refractivity contribution in [3.8, 4) is 0 Å². The highest BCUT2D eigenvalue weighted by atomic mass is 16.6. The molecular weight excluding hydrogens is 789 g/mol. The summed E-state index contributed by atoms with van der Waals surface area (Å²) in [5.41, 5.74) is 0. The first kappa shape index (κ1) is 60.3. The van der Waals surface area contributed by atoms with Crippen LogP contribution in [0.2, 0.25) is 0 Å². The lowest BCUT2D eigenvalue weighted by molar-refractivity contribution is -0.163. The van der Waals surface area contributed by atoms with Crippen LogP contribution in [0.3, 0.4) is 0 Å². The maximum atomic E-state index is 12.8. The molecule has 5 heteroatoms. The molecule has 362 valence electrons. The van der Waals surface area contributed by atoms with Crippen molar-refractivity contribution in [2.45, 2.75) is 219 Å². The zero-order valence-corrected chi connectivity index (χ0v) is 41.5. The maximum absolute atomic E-state index is 12.8. The van der Waals surface area contributed by atoms with Gasteiger partial charge in [0.1, 0.15) is 6.61 Å². The third-order valence-electron chi connectivity index (χ3n) is 10.5. The zero-order valence-electron chi connectivity index (χ0n) is 41.5. The van der Waals surface area contributed by atoms with Gasteiger partial charge in [0.05, 0.1) is 6.61 Å². The Hall–Kier alpha value is -3.70. The van der Waals surface area contributed by atoms with Crippen LogP contribution in [-0.2, 0) is 23.8 Å². The molecule has 0 saturated heterocycles. The van der Waals surface area contributed by atoms with Crippen molar-refractivity contribution in [3.63, 3.8) is 0 Å². The fourth-order valence-electron chi connectivity index (χ4n) is 6.64. The summed E-state index contributed by atoms with van der Waals surface area (Å²) in [4.78, 5) is 25.4. The van der Waals surface area contributed by atoms with E-state index in [2.05, 4.69) is 142 Å². The van der Waals surface area contributed by atoms with Gasteiger partial charge in [-0.2, -0.15) is 0 Å². The number of esters is 2. The fraction of sp³-hybridized carbons (Fsp3) is 0.627. The van der Waals surface area contributed by atoms with E-state index in [1.54, 1.807) is 0 Å². The molecular formula is C59H96O5. The molecule has 0 aliphatic carbocycles. The molecule has 0 aliphatic rings. The summed E-state index contributed by atoms with van der Waals surface area (Å²) in [5, 5.41) is 0. The van der Waals surface area contributed by atoms with Gasteiger partial charge in [-0.3, -0.25) is 9.59 Å². The molecule has 0 radical (unpaired) electrons. The standard InChI is InChI=1S/C59H96O5/c1-4-7-10-13-16-19-22-24-26-28-29-30-32-34-36-39-42-45-48-51-54-62-55-57(64-59(61)53-50-47-44-41-37-21-18-15-12-9-6-3)56-63-58(60)52-49-46-43-40-38-35-33-31-27-25-23-20-17-14-11-8-5-2/h7-8,10-11,15-20,24-27,29-30,34,36,42,45,57H,4-6,9,12-14,21-23,28,31-33,35,37-41,43-44,46-56H2,1-3H3/b10-7-,11-8-,18-15-,19-16-,20-17-,26-24-,27-25-,30-29-,36-34-,45-42-. The van der Waals surface area contributed by atoms with Gasteiger partial charge >= 0.3 is 11.9 Å². The van der Waals surface area contributed by atoms with Crippen LogP contribution in [0.5, 0.6) is 0 Å². The highest BCUT2D eigenvalue weighted by Gasteiger charge is 2.17. The molecule has 0 N–H and O–H groups in total. The van der Waals surface area contributed by atoms with E-state index < -0.39 is 6.10 Å². The van der Waals surface area contributed by atoms with Crippen LogP contribution in [0.25, 0.3) is 0 Å². The lowest BCUT2D eigenvalue weighted by Crippen LogP contribution is -2.30. The van der Waals surface area contributed by atoms with E-state index >= 15 is 0 Å². The first-order chi connectivity index (χ1) is 31.6. The lowest BCUT2D eigenvalue weighted by atomic mass is 10.1. The van der Waals surface area contributed by atoms with E-state index in [-0.39, 0.29) is 25.2 Å². The van der Waals surface area contributed by atoms with Gasteiger partial charge < -0.3 is 14.2 Å². The van der Waals surface area contributed by atoms with Gasteiger partial charge in [-0.25, -0.2) is 0 Å². The van der Waals surface area contributed by atoms with Crippen molar-refractivity contribution < 1.29 is 23.8 Å². The molecule has 0 aromatic rings. The number of carbonyl (C=O) groups is 2. The second-order valence-electron chi connectivity index (χ2n) is 16.7. The van der Waals surface area contributed by atoms with Gasteiger partial charge in [-0.05, 0) is 116 Å². The van der Waals surface area contributed by atoms with E-state index in [0.717, 1.165) is 122 Å². The number of carbonyl (C=O) groups excluding carboxylic acids is 2. The minimum absolute atomic E-state index is 0.0462. The quantitative estimate of drug-likeness (QED) is 0.0346. The topological polar surface area (TPSA) is 61.8 Å². The van der Waals surface area contributed by atoms with Crippen molar-refractivity contribution >= 4 is 11.9 Å². The molecule has 0 fully saturated rings. The molecule has 64 heavy (non-hydrogen) atoms. The molecule has 0 spiro atoms. The Morgan fingerprint density at radius 3 is 1.14 bits per heavy atom. The van der Waals surface area contributed by atoms with Crippen LogP contribution in [0.4, 0.5) is 0 Å². The van der Waals surface area contributed by atoms with Crippen molar-refractivity contribution in [3.05, 3.63) is 122 Å². The molecule has 0 saturated carbocycles. The number of rotatable bonds is 46. The minimum atomic E-state index is -0.582. The number of unbranched alkanes of at least 4 members (excludes halogenated alkanes) is 15. The first-order valence-corrected chi connectivity index (χ1v) is 26.1. The predicted octanol–water partition coefficient (Wildman–Crippen LogP) is 17.8. The number of hydrogen-bond donors (Lipinski definition) is 0. The highest BCUT2D eigenvalue weighted by Crippen LogP contribution is 2.13. The zero-order chi connectivity index (χ0) is 46.3. The van der Waals surface area contributed by atoms with Gasteiger partial charge in [-0.15, -0.1) is 0 Å². The van der Waals surface area contributed by atoms with Crippen LogP contribution in [0, 0.1) is 0 Å². The van der Waals surface area contributed by atoms with Crippen molar-refractivity contribution in [2.75, 3.05) is 19.8 Å². The summed E-state index contributed by atoms with van der Waals surface area (Å²) < 4.78 is 17.3. The van der Waals surface area contributed by atoms with Gasteiger partial charge in [0.2, 0.25) is 0 Å². The molecule has 1 unspecified atom stereocenters. The Morgan fingerprint density at radius 2 is 0.703 bits per heavy atom. The monoisotopic (exact) mass is 885 g/mol. The Labute approximate surface area is 395 Å². The molecule has 5 nitrogen and oxygen atoms in total. The third kappa shape index (κ3) is 50.9. The number of ether oxygens (including phenoxy) is 3. The van der Waals surface area contributed by atoms with E-state index in [0.29, 0.717) is 19.4 Å². The molecule has 0 rings (SSSR count). The van der Waals surface area contributed by atoms with Gasteiger partial charge in [-0.1, -0.05) is 206 Å². The average molecular weight is 885 g/mol. The van der Waals surface area contributed by atoms with Gasteiger partial charge in [0, 0.05) is 19.4 Å².